The summed E-state index contributed by atoms with van der Waals surface area (Å²) in [7, 11) is 1.83. The van der Waals surface area contributed by atoms with E-state index in [4.69, 9.17) is 11.6 Å². The highest BCUT2D eigenvalue weighted by Gasteiger charge is 2.16. The van der Waals surface area contributed by atoms with E-state index in [1.54, 1.807) is 4.68 Å². The van der Waals surface area contributed by atoms with Gasteiger partial charge in [-0.1, -0.05) is 0 Å². The second-order valence-corrected chi connectivity index (χ2v) is 4.13. The Morgan fingerprint density at radius 3 is 3.00 bits per heavy atom. The Hall–Kier alpha value is -2.22. The van der Waals surface area contributed by atoms with Crippen LogP contribution in [-0.4, -0.2) is 31.2 Å². The van der Waals surface area contributed by atoms with Crippen LogP contribution in [0.5, 0.6) is 0 Å². The van der Waals surface area contributed by atoms with E-state index in [2.05, 4.69) is 20.4 Å². The molecule has 0 spiro atoms. The highest BCUT2D eigenvalue weighted by atomic mass is 35.5. The van der Waals surface area contributed by atoms with Crippen molar-refractivity contribution in [1.29, 1.82) is 0 Å². The lowest BCUT2D eigenvalue weighted by Gasteiger charge is -2.04. The van der Waals surface area contributed by atoms with Crippen molar-refractivity contribution in [3.63, 3.8) is 0 Å². The summed E-state index contributed by atoms with van der Waals surface area (Å²) in [4.78, 5) is 17.6. The number of halogens is 1. The molecule has 0 saturated carbocycles. The number of aryl methyl sites for hydroxylation is 1. The smallest absolute Gasteiger partial charge is 0.329 e. The van der Waals surface area contributed by atoms with Crippen molar-refractivity contribution in [2.45, 2.75) is 6.42 Å². The molecule has 0 atom stereocenters. The van der Waals surface area contributed by atoms with E-state index >= 15 is 0 Å². The normalized spacial score (nSPS) is 10.4. The summed E-state index contributed by atoms with van der Waals surface area (Å²) in [6.45, 7) is 0.463. The third kappa shape index (κ3) is 3.38. The van der Waals surface area contributed by atoms with E-state index in [0.717, 1.165) is 11.9 Å². The van der Waals surface area contributed by atoms with Gasteiger partial charge in [-0.15, -0.1) is 0 Å². The molecule has 0 saturated heterocycles. The highest BCUT2D eigenvalue weighted by molar-refractivity contribution is 6.28. The molecule has 1 N–H and O–H groups in total. The Labute approximate surface area is 113 Å². The second kappa shape index (κ2) is 5.61. The number of hydrogen-bond acceptors (Lipinski definition) is 6. The van der Waals surface area contributed by atoms with Gasteiger partial charge in [-0.3, -0.25) is 14.8 Å². The third-order valence-electron chi connectivity index (χ3n) is 2.38. The molecular weight excluding hydrogens is 272 g/mol. The van der Waals surface area contributed by atoms with Crippen molar-refractivity contribution < 1.29 is 4.92 Å². The monoisotopic (exact) mass is 282 g/mol. The summed E-state index contributed by atoms with van der Waals surface area (Å²) in [5.74, 6) is 0.112. The van der Waals surface area contributed by atoms with Gasteiger partial charge >= 0.3 is 5.69 Å². The predicted octanol–water partition coefficient (Wildman–Crippen LogP) is 1.43. The van der Waals surface area contributed by atoms with Crippen LogP contribution in [0.1, 0.15) is 5.69 Å². The van der Waals surface area contributed by atoms with E-state index in [1.165, 1.54) is 0 Å². The number of nitrogens with zero attached hydrogens (tertiary/aromatic N) is 5. The van der Waals surface area contributed by atoms with Crippen molar-refractivity contribution >= 4 is 23.1 Å². The molecule has 0 aliphatic heterocycles. The number of nitrogens with one attached hydrogen (secondary N) is 1. The van der Waals surface area contributed by atoms with Crippen LogP contribution in [0, 0.1) is 10.1 Å². The quantitative estimate of drug-likeness (QED) is 0.506. The minimum atomic E-state index is -0.556. The molecule has 2 aromatic rings. The molecule has 0 fully saturated rings. The first-order valence-electron chi connectivity index (χ1n) is 5.45. The van der Waals surface area contributed by atoms with Gasteiger partial charge in [-0.05, 0) is 17.7 Å². The first-order chi connectivity index (χ1) is 9.06. The lowest BCUT2D eigenvalue weighted by molar-refractivity contribution is -0.384. The first kappa shape index (κ1) is 13.2. The van der Waals surface area contributed by atoms with Crippen molar-refractivity contribution in [1.82, 2.24) is 19.7 Å². The van der Waals surface area contributed by atoms with Crippen LogP contribution in [0.15, 0.2) is 18.5 Å². The van der Waals surface area contributed by atoms with Crippen molar-refractivity contribution in [3.05, 3.63) is 39.6 Å². The summed E-state index contributed by atoms with van der Waals surface area (Å²) < 4.78 is 1.69. The maximum absolute atomic E-state index is 10.8. The van der Waals surface area contributed by atoms with E-state index < -0.39 is 4.92 Å². The summed E-state index contributed by atoms with van der Waals surface area (Å²) in [5.41, 5.74) is 0.684. The molecule has 8 nitrogen and oxygen atoms in total. The molecule has 0 aliphatic rings. The van der Waals surface area contributed by atoms with Crippen LogP contribution in [0.4, 0.5) is 11.5 Å². The molecule has 0 radical (unpaired) electrons. The average molecular weight is 283 g/mol. The topological polar surface area (TPSA) is 98.8 Å². The minimum Gasteiger partial charge on any atom is -0.364 e. The maximum atomic E-state index is 10.8. The van der Waals surface area contributed by atoms with Gasteiger partial charge in [0.05, 0.1) is 10.6 Å². The number of nitro groups is 1. The van der Waals surface area contributed by atoms with Crippen LogP contribution in [0.25, 0.3) is 0 Å². The summed E-state index contributed by atoms with van der Waals surface area (Å²) in [6.07, 6.45) is 3.54. The maximum Gasteiger partial charge on any atom is 0.329 e. The first-order valence-corrected chi connectivity index (χ1v) is 5.83. The Bertz CT molecular complexity index is 599. The van der Waals surface area contributed by atoms with E-state index in [-0.39, 0.29) is 16.8 Å². The van der Waals surface area contributed by atoms with Crippen molar-refractivity contribution in [2.24, 2.45) is 7.05 Å². The predicted molar refractivity (Wildman–Crippen MR) is 69.1 cm³/mol. The summed E-state index contributed by atoms with van der Waals surface area (Å²) >= 11 is 5.62. The van der Waals surface area contributed by atoms with E-state index in [1.807, 2.05) is 19.3 Å². The van der Waals surface area contributed by atoms with Gasteiger partial charge in [0.2, 0.25) is 11.1 Å². The highest BCUT2D eigenvalue weighted by Crippen LogP contribution is 2.21. The summed E-state index contributed by atoms with van der Waals surface area (Å²) in [5, 5.41) is 17.8. The molecule has 0 unspecified atom stereocenters. The molecule has 2 aromatic heterocycles. The zero-order valence-electron chi connectivity index (χ0n) is 10.1. The third-order valence-corrected chi connectivity index (χ3v) is 2.56. The fourth-order valence-corrected chi connectivity index (χ4v) is 1.66. The number of aromatic nitrogens is 4. The number of rotatable bonds is 5. The van der Waals surface area contributed by atoms with Crippen LogP contribution in [0.3, 0.4) is 0 Å². The van der Waals surface area contributed by atoms with Crippen molar-refractivity contribution in [2.75, 3.05) is 11.9 Å². The fourth-order valence-electron chi connectivity index (χ4n) is 1.52. The fraction of sp³-hybridized carbons (Fsp3) is 0.300. The Balaban J connectivity index is 2.02. The van der Waals surface area contributed by atoms with E-state index in [9.17, 15) is 10.1 Å². The standard InChI is InChI=1S/C10H11ClN6O2/c1-16-5-3-7(15-16)2-4-12-9-8(17(18)19)6-13-10(11)14-9/h3,5-6H,2,4H2,1H3,(H,12,13,14). The lowest BCUT2D eigenvalue weighted by Crippen LogP contribution is -2.09. The molecule has 9 heteroatoms. The van der Waals surface area contributed by atoms with Gasteiger partial charge in [0.1, 0.15) is 6.20 Å². The SMILES string of the molecule is Cn1ccc(CCNc2nc(Cl)ncc2[N+](=O)[O-])n1. The molecule has 2 rings (SSSR count). The molecule has 0 amide bonds. The Kier molecular flexibility index (Phi) is 3.91. The Morgan fingerprint density at radius 1 is 1.58 bits per heavy atom. The van der Waals surface area contributed by atoms with Gasteiger partial charge in [0.25, 0.3) is 0 Å². The number of anilines is 1. The van der Waals surface area contributed by atoms with Crippen LogP contribution in [0.2, 0.25) is 5.28 Å². The molecule has 0 aromatic carbocycles. The number of hydrogen-bond donors (Lipinski definition) is 1. The van der Waals surface area contributed by atoms with Gasteiger partial charge in [0.15, 0.2) is 0 Å². The molecule has 19 heavy (non-hydrogen) atoms. The zero-order valence-corrected chi connectivity index (χ0v) is 10.8. The molecule has 2 heterocycles. The van der Waals surface area contributed by atoms with Crippen LogP contribution >= 0.6 is 11.6 Å². The van der Waals surface area contributed by atoms with Crippen LogP contribution < -0.4 is 5.32 Å². The molecular formula is C10H11ClN6O2. The van der Waals surface area contributed by atoms with Gasteiger partial charge in [0, 0.05) is 26.2 Å². The largest absolute Gasteiger partial charge is 0.364 e. The van der Waals surface area contributed by atoms with Gasteiger partial charge < -0.3 is 5.32 Å². The lowest BCUT2D eigenvalue weighted by atomic mass is 10.3. The molecule has 0 aliphatic carbocycles. The average Bonchev–Trinajstić information content (AvgIpc) is 2.75. The Morgan fingerprint density at radius 2 is 2.37 bits per heavy atom. The van der Waals surface area contributed by atoms with Crippen molar-refractivity contribution in [3.8, 4) is 0 Å². The van der Waals surface area contributed by atoms with Gasteiger partial charge in [-0.2, -0.15) is 10.1 Å². The second-order valence-electron chi connectivity index (χ2n) is 3.79. The molecule has 0 bridgehead atoms. The van der Waals surface area contributed by atoms with Gasteiger partial charge in [-0.25, -0.2) is 4.98 Å². The van der Waals surface area contributed by atoms with Crippen LogP contribution in [-0.2, 0) is 13.5 Å². The molecule has 100 valence electrons. The summed E-state index contributed by atoms with van der Waals surface area (Å²) in [6, 6.07) is 1.88. The van der Waals surface area contributed by atoms with E-state index in [0.29, 0.717) is 13.0 Å². The minimum absolute atomic E-state index is 0.0362. The zero-order chi connectivity index (χ0) is 13.8.